The number of carbonyl (C=O) groups is 3. The summed E-state index contributed by atoms with van der Waals surface area (Å²) in [5.41, 5.74) is 19.0. The zero-order valence-electron chi connectivity index (χ0n) is 32.3. The summed E-state index contributed by atoms with van der Waals surface area (Å²) in [6, 6.07) is 24.9. The van der Waals surface area contributed by atoms with E-state index >= 15 is 0 Å². The molecule has 4 heterocycles. The summed E-state index contributed by atoms with van der Waals surface area (Å²) < 4.78 is 16.1. The number of amidine groups is 2. The second kappa shape index (κ2) is 17.1. The van der Waals surface area contributed by atoms with Gasteiger partial charge in [-0.3, -0.25) is 14.7 Å². The number of benzene rings is 3. The number of aromatic nitrogens is 1. The van der Waals surface area contributed by atoms with Crippen molar-refractivity contribution >= 4 is 47.1 Å². The third kappa shape index (κ3) is 8.82. The molecule has 0 atom stereocenters. The Morgan fingerprint density at radius 1 is 0.825 bits per heavy atom. The lowest BCUT2D eigenvalue weighted by molar-refractivity contribution is -0.138. The van der Waals surface area contributed by atoms with Gasteiger partial charge in [0.25, 0.3) is 5.91 Å². The molecule has 3 aliphatic heterocycles. The molecule has 1 saturated carbocycles. The fourth-order valence-electron chi connectivity index (χ4n) is 7.13. The van der Waals surface area contributed by atoms with Crippen molar-refractivity contribution in [3.63, 3.8) is 0 Å². The van der Waals surface area contributed by atoms with Crippen molar-refractivity contribution in [3.8, 4) is 16.9 Å². The standard InChI is InChI=1S/C25H28N4O3.C19H19N3O3/c1-2-32-24(31)29-16-20-10-9-19(15-21(20)27-23(26)25(29)11-12-25)17-5-7-18(8-6-17)22(30)28-13-3-4-14-28;1-2-24-19(23)14-9-13-10-16(6-7-17(13)22-18(20)11-14)25-12-15-5-3-4-8-21-15/h5-10,15H,2-4,11-14,16H2,1H3,(H2,26,27);3-10H,2,11-12H2,1H3,(H2,20,22). The molecular weight excluding hydrogens is 723 g/mol. The van der Waals surface area contributed by atoms with E-state index in [0.29, 0.717) is 60.6 Å². The number of likely N-dealkylation sites (tertiary alicyclic amines) is 1. The Balaban J connectivity index is 0.000000180. The molecule has 57 heavy (non-hydrogen) atoms. The molecule has 1 saturated heterocycles. The van der Waals surface area contributed by atoms with Crippen molar-refractivity contribution in [2.45, 2.75) is 64.6 Å². The van der Waals surface area contributed by atoms with Crippen LogP contribution in [-0.4, -0.2) is 76.3 Å². The van der Waals surface area contributed by atoms with Gasteiger partial charge in [0.15, 0.2) is 0 Å². The van der Waals surface area contributed by atoms with Gasteiger partial charge in [0.1, 0.15) is 29.6 Å². The number of amides is 2. The molecule has 2 fully saturated rings. The fraction of sp³-hybridized carbons (Fsp3) is 0.318. The van der Waals surface area contributed by atoms with Crippen molar-refractivity contribution in [2.24, 2.45) is 21.5 Å². The maximum Gasteiger partial charge on any atom is 0.410 e. The number of esters is 1. The maximum atomic E-state index is 12.6. The highest BCUT2D eigenvalue weighted by Crippen LogP contribution is 2.46. The molecule has 0 unspecified atom stereocenters. The number of pyridine rings is 1. The number of hydrogen-bond acceptors (Lipinski definition) is 11. The summed E-state index contributed by atoms with van der Waals surface area (Å²) in [4.78, 5) is 54.2. The van der Waals surface area contributed by atoms with Crippen LogP contribution in [0.2, 0.25) is 0 Å². The number of ether oxygens (including phenoxy) is 3. The lowest BCUT2D eigenvalue weighted by Gasteiger charge is -2.29. The molecule has 13 heteroatoms. The highest BCUT2D eigenvalue weighted by atomic mass is 16.6. The average molecular weight is 770 g/mol. The molecule has 13 nitrogen and oxygen atoms in total. The predicted molar refractivity (Wildman–Crippen MR) is 218 cm³/mol. The fourth-order valence-corrected chi connectivity index (χ4v) is 7.13. The zero-order chi connectivity index (χ0) is 39.9. The van der Waals surface area contributed by atoms with E-state index in [4.69, 9.17) is 30.7 Å². The van der Waals surface area contributed by atoms with Crippen molar-refractivity contribution < 1.29 is 28.6 Å². The van der Waals surface area contributed by atoms with Crippen LogP contribution in [0.4, 0.5) is 16.2 Å². The van der Waals surface area contributed by atoms with Crippen LogP contribution in [0.3, 0.4) is 0 Å². The van der Waals surface area contributed by atoms with Gasteiger partial charge in [-0.15, -0.1) is 0 Å². The van der Waals surface area contributed by atoms with Crippen LogP contribution in [0.15, 0.2) is 101 Å². The Morgan fingerprint density at radius 2 is 1.58 bits per heavy atom. The van der Waals surface area contributed by atoms with Crippen molar-refractivity contribution in [2.75, 3.05) is 26.3 Å². The molecule has 0 bridgehead atoms. The minimum atomic E-state index is -0.525. The Hall–Kier alpha value is -6.50. The lowest BCUT2D eigenvalue weighted by atomic mass is 10.0. The highest BCUT2D eigenvalue weighted by Gasteiger charge is 2.55. The van der Waals surface area contributed by atoms with Crippen molar-refractivity contribution in [1.29, 1.82) is 0 Å². The Kier molecular flexibility index (Phi) is 11.6. The monoisotopic (exact) mass is 769 g/mol. The highest BCUT2D eigenvalue weighted by molar-refractivity contribution is 6.03. The lowest BCUT2D eigenvalue weighted by Crippen LogP contribution is -2.49. The van der Waals surface area contributed by atoms with E-state index in [0.717, 1.165) is 72.4 Å². The van der Waals surface area contributed by atoms with Gasteiger partial charge in [-0.05, 0) is 111 Å². The molecule has 4 N–H and O–H groups in total. The molecule has 3 aromatic carbocycles. The number of fused-ring (bicyclic) bond motifs is 2. The van der Waals surface area contributed by atoms with Gasteiger partial charge in [-0.25, -0.2) is 19.6 Å². The van der Waals surface area contributed by atoms with Gasteiger partial charge >= 0.3 is 12.1 Å². The SMILES string of the molecule is CCOC(=O)C1=Cc2cc(OCc3ccccn3)ccc2N=C(N)C1.CCOC(=O)N1Cc2ccc(-c3ccc(C(=O)N4CCCC4)cc3)cc2N=C(N)C12CC2. The summed E-state index contributed by atoms with van der Waals surface area (Å²) in [5, 5.41) is 0. The molecule has 294 valence electrons. The predicted octanol–water partition coefficient (Wildman–Crippen LogP) is 7.08. The number of rotatable bonds is 8. The van der Waals surface area contributed by atoms with E-state index in [9.17, 15) is 14.4 Å². The Morgan fingerprint density at radius 3 is 2.28 bits per heavy atom. The number of carbonyl (C=O) groups excluding carboxylic acids is 3. The third-order valence-corrected chi connectivity index (χ3v) is 10.3. The second-order valence-corrected chi connectivity index (χ2v) is 14.2. The van der Waals surface area contributed by atoms with Crippen LogP contribution in [0.1, 0.15) is 73.1 Å². The number of aliphatic imine (C=N–C) groups is 2. The zero-order valence-corrected chi connectivity index (χ0v) is 32.3. The molecule has 2 amide bonds. The normalized spacial score (nSPS) is 16.3. The summed E-state index contributed by atoms with van der Waals surface area (Å²) in [6.45, 7) is 6.67. The van der Waals surface area contributed by atoms with Crippen LogP contribution in [-0.2, 0) is 27.4 Å². The summed E-state index contributed by atoms with van der Waals surface area (Å²) in [7, 11) is 0. The van der Waals surface area contributed by atoms with Gasteiger partial charge in [0, 0.05) is 42.4 Å². The van der Waals surface area contributed by atoms with Gasteiger partial charge in [0.05, 0.1) is 36.8 Å². The van der Waals surface area contributed by atoms with E-state index in [1.165, 1.54) is 0 Å². The topological polar surface area (TPSA) is 175 Å². The minimum absolute atomic E-state index is 0.0992. The number of nitrogens with zero attached hydrogens (tertiary/aromatic N) is 5. The van der Waals surface area contributed by atoms with Gasteiger partial charge in [0.2, 0.25) is 0 Å². The van der Waals surface area contributed by atoms with E-state index in [2.05, 4.69) is 9.98 Å². The first-order valence-electron chi connectivity index (χ1n) is 19.4. The van der Waals surface area contributed by atoms with Crippen LogP contribution >= 0.6 is 0 Å². The first-order valence-corrected chi connectivity index (χ1v) is 19.4. The molecule has 1 aliphatic carbocycles. The largest absolute Gasteiger partial charge is 0.487 e. The van der Waals surface area contributed by atoms with Crippen LogP contribution in [0.25, 0.3) is 17.2 Å². The molecule has 4 aromatic rings. The quantitative estimate of drug-likeness (QED) is 0.177. The molecular formula is C44H47N7O6. The smallest absolute Gasteiger partial charge is 0.410 e. The van der Waals surface area contributed by atoms with Crippen molar-refractivity contribution in [1.82, 2.24) is 14.8 Å². The van der Waals surface area contributed by atoms with Gasteiger partial charge < -0.3 is 30.6 Å². The van der Waals surface area contributed by atoms with E-state index in [1.54, 1.807) is 31.0 Å². The number of nitrogens with two attached hydrogens (primary N) is 2. The molecule has 0 radical (unpaired) electrons. The molecule has 4 aliphatic rings. The first kappa shape index (κ1) is 38.8. The van der Waals surface area contributed by atoms with Gasteiger partial charge in [-0.2, -0.15) is 0 Å². The average Bonchev–Trinajstić information content (AvgIpc) is 3.91. The summed E-state index contributed by atoms with van der Waals surface area (Å²) in [5.74, 6) is 1.23. The second-order valence-electron chi connectivity index (χ2n) is 14.2. The van der Waals surface area contributed by atoms with E-state index < -0.39 is 5.54 Å². The molecule has 8 rings (SSSR count). The first-order chi connectivity index (χ1) is 27.7. The van der Waals surface area contributed by atoms with E-state index in [1.807, 2.05) is 83.8 Å². The summed E-state index contributed by atoms with van der Waals surface area (Å²) in [6.07, 6.45) is 7.15. The maximum absolute atomic E-state index is 12.6. The molecule has 1 spiro atoms. The number of hydrogen-bond donors (Lipinski definition) is 2. The third-order valence-electron chi connectivity index (χ3n) is 10.3. The van der Waals surface area contributed by atoms with Crippen LogP contribution < -0.4 is 16.2 Å². The van der Waals surface area contributed by atoms with Crippen LogP contribution in [0, 0.1) is 0 Å². The minimum Gasteiger partial charge on any atom is -0.487 e. The summed E-state index contributed by atoms with van der Waals surface area (Å²) >= 11 is 0. The Bertz CT molecular complexity index is 2230. The Labute approximate surface area is 332 Å². The van der Waals surface area contributed by atoms with Crippen LogP contribution in [0.5, 0.6) is 5.75 Å². The molecule has 1 aromatic heterocycles. The van der Waals surface area contributed by atoms with E-state index in [-0.39, 0.29) is 24.4 Å². The van der Waals surface area contributed by atoms with Gasteiger partial charge in [-0.1, -0.05) is 30.3 Å². The van der Waals surface area contributed by atoms with Crippen molar-refractivity contribution in [3.05, 3.63) is 113 Å².